The van der Waals surface area contributed by atoms with Crippen molar-refractivity contribution in [1.82, 2.24) is 9.21 Å². The third kappa shape index (κ3) is 2.96. The summed E-state index contributed by atoms with van der Waals surface area (Å²) in [5.41, 5.74) is 0. The molecule has 0 aliphatic carbocycles. The van der Waals surface area contributed by atoms with Crippen molar-refractivity contribution in [3.8, 4) is 0 Å². The minimum absolute atomic E-state index is 0.448. The normalized spacial score (nSPS) is 19.9. The Morgan fingerprint density at radius 1 is 1.28 bits per heavy atom. The molecule has 0 atom stereocenters. The topological polar surface area (TPSA) is 40.6 Å². The molecule has 7 heteroatoms. The van der Waals surface area contributed by atoms with Crippen molar-refractivity contribution >= 4 is 37.3 Å². The van der Waals surface area contributed by atoms with E-state index in [1.54, 1.807) is 10.4 Å². The van der Waals surface area contributed by atoms with E-state index in [1.165, 1.54) is 11.3 Å². The van der Waals surface area contributed by atoms with Crippen LogP contribution < -0.4 is 0 Å². The molecule has 0 spiro atoms. The van der Waals surface area contributed by atoms with Gasteiger partial charge in [0.1, 0.15) is 0 Å². The molecule has 1 aliphatic rings. The zero-order chi connectivity index (χ0) is 13.3. The number of hydrogen-bond donors (Lipinski definition) is 0. The predicted molar refractivity (Wildman–Crippen MR) is 77.6 cm³/mol. The molecule has 102 valence electrons. The fourth-order valence-corrected chi connectivity index (χ4v) is 5.94. The van der Waals surface area contributed by atoms with Crippen molar-refractivity contribution in [2.45, 2.75) is 18.2 Å². The summed E-state index contributed by atoms with van der Waals surface area (Å²) >= 11 is 4.82. The minimum atomic E-state index is -3.33. The Balaban J connectivity index is 2.28. The van der Waals surface area contributed by atoms with Crippen molar-refractivity contribution in [1.29, 1.82) is 0 Å². The van der Waals surface area contributed by atoms with Crippen LogP contribution in [0.2, 0.25) is 0 Å². The molecule has 0 unspecified atom stereocenters. The van der Waals surface area contributed by atoms with Crippen molar-refractivity contribution in [3.05, 3.63) is 14.7 Å². The number of aryl methyl sites for hydroxylation is 1. The van der Waals surface area contributed by atoms with Crippen LogP contribution in [0.1, 0.15) is 11.3 Å². The highest BCUT2D eigenvalue weighted by Crippen LogP contribution is 2.31. The summed E-state index contributed by atoms with van der Waals surface area (Å²) in [6.45, 7) is 4.79. The molecule has 0 amide bonds. The maximum absolute atomic E-state index is 12.6. The van der Waals surface area contributed by atoms with Gasteiger partial charge in [0.25, 0.3) is 0 Å². The summed E-state index contributed by atoms with van der Waals surface area (Å²) in [4.78, 5) is 3.47. The number of thiophene rings is 1. The Morgan fingerprint density at radius 2 is 2.00 bits per heavy atom. The van der Waals surface area contributed by atoms with E-state index in [1.807, 2.05) is 14.0 Å². The molecular formula is C11H17BrN2O2S2. The van der Waals surface area contributed by atoms with Crippen molar-refractivity contribution in [2.75, 3.05) is 33.2 Å². The van der Waals surface area contributed by atoms with Gasteiger partial charge in [-0.05, 0) is 48.9 Å². The van der Waals surface area contributed by atoms with E-state index >= 15 is 0 Å². The van der Waals surface area contributed by atoms with Crippen LogP contribution in [0.5, 0.6) is 0 Å². The summed E-state index contributed by atoms with van der Waals surface area (Å²) in [5.74, 6) is 0. The first-order valence-corrected chi connectivity index (χ1v) is 8.91. The van der Waals surface area contributed by atoms with E-state index in [9.17, 15) is 8.42 Å². The molecule has 18 heavy (non-hydrogen) atoms. The van der Waals surface area contributed by atoms with Gasteiger partial charge in [-0.3, -0.25) is 0 Å². The average Bonchev–Trinajstić information content (AvgIpc) is 2.49. The van der Waals surface area contributed by atoms with E-state index in [2.05, 4.69) is 20.8 Å². The lowest BCUT2D eigenvalue weighted by molar-refractivity contribution is 0.347. The molecule has 1 aromatic rings. The Bertz CT molecular complexity index is 527. The van der Waals surface area contributed by atoms with Gasteiger partial charge in [0.05, 0.1) is 8.68 Å². The second-order valence-electron chi connectivity index (χ2n) is 4.53. The highest BCUT2D eigenvalue weighted by Gasteiger charge is 2.28. The SMILES string of the molecule is Cc1sc(Br)cc1S(=O)(=O)N1CCCN(C)CC1. The van der Waals surface area contributed by atoms with Crippen LogP contribution in [-0.4, -0.2) is 50.8 Å². The highest BCUT2D eigenvalue weighted by molar-refractivity contribution is 9.11. The Hall–Kier alpha value is 0.0500. The van der Waals surface area contributed by atoms with Crippen LogP contribution in [0.25, 0.3) is 0 Å². The van der Waals surface area contributed by atoms with Crippen molar-refractivity contribution < 1.29 is 8.42 Å². The van der Waals surface area contributed by atoms with E-state index in [-0.39, 0.29) is 0 Å². The summed E-state index contributed by atoms with van der Waals surface area (Å²) in [6.07, 6.45) is 0.889. The third-order valence-electron chi connectivity index (χ3n) is 3.14. The molecule has 2 rings (SSSR count). The molecule has 0 saturated carbocycles. The van der Waals surface area contributed by atoms with Crippen LogP contribution in [0.15, 0.2) is 14.7 Å². The van der Waals surface area contributed by atoms with Crippen LogP contribution in [-0.2, 0) is 10.0 Å². The smallest absolute Gasteiger partial charge is 0.244 e. The molecule has 1 fully saturated rings. The summed E-state index contributed by atoms with van der Waals surface area (Å²) in [5, 5.41) is 0. The van der Waals surface area contributed by atoms with Crippen molar-refractivity contribution in [2.24, 2.45) is 0 Å². The van der Waals surface area contributed by atoms with E-state index < -0.39 is 10.0 Å². The first kappa shape index (κ1) is 14.5. The van der Waals surface area contributed by atoms with Gasteiger partial charge in [-0.2, -0.15) is 4.31 Å². The van der Waals surface area contributed by atoms with Crippen LogP contribution in [0.3, 0.4) is 0 Å². The Morgan fingerprint density at radius 3 is 2.61 bits per heavy atom. The second-order valence-corrected chi connectivity index (χ2v) is 9.07. The number of halogens is 1. The van der Waals surface area contributed by atoms with Crippen LogP contribution in [0.4, 0.5) is 0 Å². The molecule has 0 radical (unpaired) electrons. The Kier molecular flexibility index (Phi) is 4.48. The molecule has 1 aromatic heterocycles. The maximum atomic E-state index is 12.6. The van der Waals surface area contributed by atoms with E-state index in [0.29, 0.717) is 18.0 Å². The van der Waals surface area contributed by atoms with Crippen LogP contribution in [0, 0.1) is 6.92 Å². The lowest BCUT2D eigenvalue weighted by Crippen LogP contribution is -2.34. The number of nitrogens with zero attached hydrogens (tertiary/aromatic N) is 2. The second kappa shape index (κ2) is 5.58. The van der Waals surface area contributed by atoms with Crippen LogP contribution >= 0.6 is 27.3 Å². The lowest BCUT2D eigenvalue weighted by atomic mass is 10.4. The van der Waals surface area contributed by atoms with Gasteiger partial charge < -0.3 is 4.90 Å². The number of rotatable bonds is 2. The van der Waals surface area contributed by atoms with Gasteiger partial charge in [0, 0.05) is 24.5 Å². The molecule has 4 nitrogen and oxygen atoms in total. The maximum Gasteiger partial charge on any atom is 0.244 e. The number of hydrogen-bond acceptors (Lipinski definition) is 4. The summed E-state index contributed by atoms with van der Waals surface area (Å²) in [7, 11) is -1.30. The zero-order valence-electron chi connectivity index (χ0n) is 10.5. The average molecular weight is 353 g/mol. The van der Waals surface area contributed by atoms with E-state index in [0.717, 1.165) is 28.2 Å². The third-order valence-corrected chi connectivity index (χ3v) is 6.85. The summed E-state index contributed by atoms with van der Waals surface area (Å²) in [6, 6.07) is 1.71. The van der Waals surface area contributed by atoms with E-state index in [4.69, 9.17) is 0 Å². The lowest BCUT2D eigenvalue weighted by Gasteiger charge is -2.19. The monoisotopic (exact) mass is 352 g/mol. The molecule has 0 N–H and O–H groups in total. The quantitative estimate of drug-likeness (QED) is 0.818. The largest absolute Gasteiger partial charge is 0.305 e. The molecule has 2 heterocycles. The molecule has 1 aliphatic heterocycles. The van der Waals surface area contributed by atoms with Gasteiger partial charge in [0.2, 0.25) is 10.0 Å². The fourth-order valence-electron chi connectivity index (χ4n) is 2.09. The van der Waals surface area contributed by atoms with Gasteiger partial charge in [-0.15, -0.1) is 11.3 Å². The van der Waals surface area contributed by atoms with Crippen molar-refractivity contribution in [3.63, 3.8) is 0 Å². The highest BCUT2D eigenvalue weighted by atomic mass is 79.9. The fraction of sp³-hybridized carbons (Fsp3) is 0.636. The van der Waals surface area contributed by atoms with Gasteiger partial charge >= 0.3 is 0 Å². The van der Waals surface area contributed by atoms with Gasteiger partial charge in [0.15, 0.2) is 0 Å². The first-order chi connectivity index (χ1) is 8.41. The summed E-state index contributed by atoms with van der Waals surface area (Å²) < 4.78 is 27.6. The zero-order valence-corrected chi connectivity index (χ0v) is 13.7. The minimum Gasteiger partial charge on any atom is -0.305 e. The van der Waals surface area contributed by atoms with Gasteiger partial charge in [-0.25, -0.2) is 8.42 Å². The van der Waals surface area contributed by atoms with Gasteiger partial charge in [-0.1, -0.05) is 0 Å². The number of sulfonamides is 1. The Labute approximate surface area is 121 Å². The molecule has 0 bridgehead atoms. The first-order valence-electron chi connectivity index (χ1n) is 5.86. The molecular weight excluding hydrogens is 336 g/mol. The standard InChI is InChI=1S/C11H17BrN2O2S2/c1-9-10(8-11(12)17-9)18(15,16)14-5-3-4-13(2)6-7-14/h8H,3-7H2,1-2H3. The predicted octanol–water partition coefficient (Wildman–Crippen LogP) is 2.15. The molecule has 0 aromatic carbocycles. The molecule has 1 saturated heterocycles. The number of likely N-dealkylation sites (N-methyl/N-ethyl adjacent to an activating group) is 1.